The molecule has 0 saturated heterocycles. The Morgan fingerprint density at radius 2 is 2.22 bits per heavy atom. The Balaban J connectivity index is 3.17. The monoisotopic (exact) mass is 250 g/mol. The zero-order valence-electron chi connectivity index (χ0n) is 11.6. The van der Waals surface area contributed by atoms with Gasteiger partial charge in [-0.25, -0.2) is 0 Å². The normalized spacial score (nSPS) is 11.3. The highest BCUT2D eigenvalue weighted by Crippen LogP contribution is 2.20. The molecule has 5 nitrogen and oxygen atoms in total. The average molecular weight is 250 g/mol. The molecule has 1 aromatic rings. The Bertz CT molecular complexity index is 442. The highest BCUT2D eigenvalue weighted by Gasteiger charge is 2.29. The van der Waals surface area contributed by atoms with E-state index in [0.29, 0.717) is 24.5 Å². The fourth-order valence-corrected chi connectivity index (χ4v) is 1.79. The Morgan fingerprint density at radius 3 is 2.67 bits per heavy atom. The molecule has 1 amide bonds. The smallest absolute Gasteiger partial charge is 0.274 e. The van der Waals surface area contributed by atoms with E-state index in [2.05, 4.69) is 11.7 Å². The summed E-state index contributed by atoms with van der Waals surface area (Å²) < 4.78 is 1.62. The summed E-state index contributed by atoms with van der Waals surface area (Å²) >= 11 is 0. The SMILES string of the molecule is C=CCN(C(=O)c1c(N)cnn1CC)C(C)(C)C. The van der Waals surface area contributed by atoms with Crippen LogP contribution in [0.5, 0.6) is 0 Å². The maximum atomic E-state index is 12.6. The summed E-state index contributed by atoms with van der Waals surface area (Å²) in [6, 6.07) is 0. The van der Waals surface area contributed by atoms with Gasteiger partial charge < -0.3 is 10.6 Å². The minimum absolute atomic E-state index is 0.112. The van der Waals surface area contributed by atoms with Crippen molar-refractivity contribution in [1.82, 2.24) is 14.7 Å². The Morgan fingerprint density at radius 1 is 1.61 bits per heavy atom. The van der Waals surface area contributed by atoms with Gasteiger partial charge in [0.15, 0.2) is 0 Å². The van der Waals surface area contributed by atoms with Crippen LogP contribution in [-0.4, -0.2) is 32.7 Å². The maximum Gasteiger partial charge on any atom is 0.274 e. The van der Waals surface area contributed by atoms with Crippen molar-refractivity contribution in [2.24, 2.45) is 0 Å². The van der Waals surface area contributed by atoms with Crippen molar-refractivity contribution in [2.45, 2.75) is 39.8 Å². The molecule has 1 heterocycles. The highest BCUT2D eigenvalue weighted by atomic mass is 16.2. The first-order chi connectivity index (χ1) is 8.32. The zero-order valence-corrected chi connectivity index (χ0v) is 11.6. The Hall–Kier alpha value is -1.78. The number of amides is 1. The molecular formula is C13H22N4O. The molecule has 0 atom stereocenters. The number of hydrogen-bond donors (Lipinski definition) is 1. The third-order valence-electron chi connectivity index (χ3n) is 2.74. The van der Waals surface area contributed by atoms with Crippen LogP contribution in [-0.2, 0) is 6.54 Å². The molecule has 0 aromatic carbocycles. The second-order valence-electron chi connectivity index (χ2n) is 5.14. The van der Waals surface area contributed by atoms with Crippen molar-refractivity contribution in [2.75, 3.05) is 12.3 Å². The second-order valence-corrected chi connectivity index (χ2v) is 5.14. The quantitative estimate of drug-likeness (QED) is 0.830. The Kier molecular flexibility index (Phi) is 4.16. The van der Waals surface area contributed by atoms with E-state index < -0.39 is 0 Å². The lowest BCUT2D eigenvalue weighted by molar-refractivity contribution is 0.0605. The largest absolute Gasteiger partial charge is 0.396 e. The van der Waals surface area contributed by atoms with E-state index in [1.54, 1.807) is 15.7 Å². The van der Waals surface area contributed by atoms with Crippen molar-refractivity contribution in [3.8, 4) is 0 Å². The summed E-state index contributed by atoms with van der Waals surface area (Å²) in [7, 11) is 0. The molecule has 18 heavy (non-hydrogen) atoms. The molecule has 100 valence electrons. The van der Waals surface area contributed by atoms with Crippen LogP contribution in [0, 0.1) is 0 Å². The fourth-order valence-electron chi connectivity index (χ4n) is 1.79. The van der Waals surface area contributed by atoms with Crippen LogP contribution in [0.2, 0.25) is 0 Å². The van der Waals surface area contributed by atoms with Crippen molar-refractivity contribution < 1.29 is 4.79 Å². The summed E-state index contributed by atoms with van der Waals surface area (Å²) in [4.78, 5) is 14.3. The van der Waals surface area contributed by atoms with Crippen LogP contribution >= 0.6 is 0 Å². The Labute approximate surface area is 108 Å². The van der Waals surface area contributed by atoms with E-state index in [9.17, 15) is 4.79 Å². The van der Waals surface area contributed by atoms with Gasteiger partial charge in [-0.3, -0.25) is 9.48 Å². The summed E-state index contributed by atoms with van der Waals surface area (Å²) in [6.45, 7) is 12.7. The molecule has 0 radical (unpaired) electrons. The molecule has 1 aromatic heterocycles. The van der Waals surface area contributed by atoms with Gasteiger partial charge in [0.1, 0.15) is 5.69 Å². The average Bonchev–Trinajstić information content (AvgIpc) is 2.64. The number of anilines is 1. The van der Waals surface area contributed by atoms with Gasteiger partial charge in [0, 0.05) is 18.6 Å². The molecule has 2 N–H and O–H groups in total. The van der Waals surface area contributed by atoms with Crippen molar-refractivity contribution in [3.63, 3.8) is 0 Å². The van der Waals surface area contributed by atoms with E-state index in [1.807, 2.05) is 27.7 Å². The third-order valence-corrected chi connectivity index (χ3v) is 2.74. The molecule has 5 heteroatoms. The maximum absolute atomic E-state index is 12.6. The zero-order chi connectivity index (χ0) is 13.9. The number of nitrogens with zero attached hydrogens (tertiary/aromatic N) is 3. The van der Waals surface area contributed by atoms with Crippen LogP contribution in [0.15, 0.2) is 18.9 Å². The van der Waals surface area contributed by atoms with Gasteiger partial charge >= 0.3 is 0 Å². The molecule has 0 unspecified atom stereocenters. The second kappa shape index (κ2) is 5.25. The number of aryl methyl sites for hydroxylation is 1. The standard InChI is InChI=1S/C13H22N4O/c1-6-8-16(13(3,4)5)12(18)11-10(14)9-15-17(11)7-2/h6,9H,1,7-8,14H2,2-5H3. The van der Waals surface area contributed by atoms with Gasteiger partial charge in [-0.1, -0.05) is 6.08 Å². The van der Waals surface area contributed by atoms with Crippen molar-refractivity contribution in [1.29, 1.82) is 0 Å². The van der Waals surface area contributed by atoms with Gasteiger partial charge in [0.25, 0.3) is 5.91 Å². The summed E-state index contributed by atoms with van der Waals surface area (Å²) in [5.41, 5.74) is 6.42. The van der Waals surface area contributed by atoms with E-state index in [0.717, 1.165) is 0 Å². The van der Waals surface area contributed by atoms with Crippen molar-refractivity contribution in [3.05, 3.63) is 24.5 Å². The number of rotatable bonds is 4. The number of hydrogen-bond acceptors (Lipinski definition) is 3. The molecule has 0 fully saturated rings. The molecule has 0 aliphatic rings. The van der Waals surface area contributed by atoms with Gasteiger partial charge in [-0.2, -0.15) is 5.10 Å². The molecule has 0 aliphatic carbocycles. The third kappa shape index (κ3) is 2.72. The number of carbonyl (C=O) groups is 1. The van der Waals surface area contributed by atoms with Crippen molar-refractivity contribution >= 4 is 11.6 Å². The first kappa shape index (κ1) is 14.3. The number of nitrogen functional groups attached to an aromatic ring is 1. The first-order valence-electron chi connectivity index (χ1n) is 6.07. The number of nitrogens with two attached hydrogens (primary N) is 1. The lowest BCUT2D eigenvalue weighted by Gasteiger charge is -2.35. The van der Waals surface area contributed by atoms with Gasteiger partial charge in [0.05, 0.1) is 11.9 Å². The van der Waals surface area contributed by atoms with E-state index in [1.165, 1.54) is 6.20 Å². The topological polar surface area (TPSA) is 64.2 Å². The molecule has 0 aliphatic heterocycles. The molecule has 1 rings (SSSR count). The highest BCUT2D eigenvalue weighted by molar-refractivity contribution is 5.97. The minimum atomic E-state index is -0.291. The lowest BCUT2D eigenvalue weighted by Crippen LogP contribution is -2.46. The van der Waals surface area contributed by atoms with E-state index >= 15 is 0 Å². The predicted octanol–water partition coefficient (Wildman–Crippen LogP) is 1.91. The number of carbonyl (C=O) groups excluding carboxylic acids is 1. The summed E-state index contributed by atoms with van der Waals surface area (Å²) in [5.74, 6) is -0.112. The molecule has 0 bridgehead atoms. The molecule has 0 spiro atoms. The van der Waals surface area contributed by atoms with Crippen LogP contribution in [0.25, 0.3) is 0 Å². The van der Waals surface area contributed by atoms with Crippen LogP contribution in [0.1, 0.15) is 38.2 Å². The summed E-state index contributed by atoms with van der Waals surface area (Å²) in [5, 5.41) is 4.10. The minimum Gasteiger partial charge on any atom is -0.396 e. The van der Waals surface area contributed by atoms with Crippen LogP contribution in [0.3, 0.4) is 0 Å². The fraction of sp³-hybridized carbons (Fsp3) is 0.538. The predicted molar refractivity (Wildman–Crippen MR) is 73.3 cm³/mol. The number of aromatic nitrogens is 2. The first-order valence-corrected chi connectivity index (χ1v) is 6.07. The lowest BCUT2D eigenvalue weighted by atomic mass is 10.1. The summed E-state index contributed by atoms with van der Waals surface area (Å²) in [6.07, 6.45) is 3.23. The van der Waals surface area contributed by atoms with Crippen LogP contribution in [0.4, 0.5) is 5.69 Å². The molecule has 0 saturated carbocycles. The van der Waals surface area contributed by atoms with Gasteiger partial charge in [0.2, 0.25) is 0 Å². The van der Waals surface area contributed by atoms with E-state index in [-0.39, 0.29) is 11.4 Å². The van der Waals surface area contributed by atoms with E-state index in [4.69, 9.17) is 5.73 Å². The van der Waals surface area contributed by atoms with Crippen LogP contribution < -0.4 is 5.73 Å². The van der Waals surface area contributed by atoms with Gasteiger partial charge in [-0.05, 0) is 27.7 Å². The molecular weight excluding hydrogens is 228 g/mol. The van der Waals surface area contributed by atoms with Gasteiger partial charge in [-0.15, -0.1) is 6.58 Å².